The Morgan fingerprint density at radius 1 is 1.50 bits per heavy atom. The monoisotopic (exact) mass is 267 g/mol. The number of likely N-dealkylation sites (N-methyl/N-ethyl adjacent to an activating group) is 1. The average Bonchev–Trinajstić information content (AvgIpc) is 3.11. The molecule has 0 radical (unpaired) electrons. The topological polar surface area (TPSA) is 38.3 Å². The van der Waals surface area contributed by atoms with Crippen molar-refractivity contribution in [2.45, 2.75) is 19.8 Å². The van der Waals surface area contributed by atoms with E-state index in [0.29, 0.717) is 35.4 Å². The molecular formula is C14H18ClNO2. The quantitative estimate of drug-likeness (QED) is 0.806. The highest BCUT2D eigenvalue weighted by Gasteiger charge is 2.24. The van der Waals surface area contributed by atoms with E-state index in [-0.39, 0.29) is 5.78 Å². The minimum absolute atomic E-state index is 0.00824. The molecule has 1 N–H and O–H groups in total. The maximum Gasteiger partial charge on any atom is 0.180 e. The third kappa shape index (κ3) is 3.24. The molecule has 0 unspecified atom stereocenters. The first-order chi connectivity index (χ1) is 8.61. The Hall–Kier alpha value is -1.06. The van der Waals surface area contributed by atoms with Gasteiger partial charge in [-0.1, -0.05) is 11.6 Å². The van der Waals surface area contributed by atoms with E-state index in [1.165, 1.54) is 12.8 Å². The van der Waals surface area contributed by atoms with Crippen molar-refractivity contribution in [3.63, 3.8) is 0 Å². The molecular weight excluding hydrogens is 250 g/mol. The molecule has 0 aliphatic heterocycles. The Bertz CT molecular complexity index is 455. The van der Waals surface area contributed by atoms with Gasteiger partial charge in [0.1, 0.15) is 5.75 Å². The largest absolute Gasteiger partial charge is 0.491 e. The predicted octanol–water partition coefficient (Wildman–Crippen LogP) is 2.84. The molecule has 0 spiro atoms. The number of hydrogen-bond donors (Lipinski definition) is 1. The van der Waals surface area contributed by atoms with Gasteiger partial charge in [0.05, 0.1) is 23.7 Å². The highest BCUT2D eigenvalue weighted by atomic mass is 35.5. The van der Waals surface area contributed by atoms with Gasteiger partial charge in [0, 0.05) is 0 Å². The summed E-state index contributed by atoms with van der Waals surface area (Å²) in [6, 6.07) is 3.67. The summed E-state index contributed by atoms with van der Waals surface area (Å²) < 4.78 is 5.73. The van der Waals surface area contributed by atoms with Crippen molar-refractivity contribution in [1.29, 1.82) is 0 Å². The lowest BCUT2D eigenvalue weighted by Gasteiger charge is -2.13. The number of Topliss-reactive ketones (excluding diaryl/α,β-unsaturated/α-hetero) is 1. The Balaban J connectivity index is 2.24. The van der Waals surface area contributed by atoms with Crippen molar-refractivity contribution in [3.05, 3.63) is 28.3 Å². The number of benzene rings is 1. The van der Waals surface area contributed by atoms with Crippen LogP contribution in [0.2, 0.25) is 5.02 Å². The summed E-state index contributed by atoms with van der Waals surface area (Å²) in [5, 5.41) is 3.38. The van der Waals surface area contributed by atoms with Crippen LogP contribution < -0.4 is 10.1 Å². The summed E-state index contributed by atoms with van der Waals surface area (Å²) >= 11 is 6.19. The smallest absolute Gasteiger partial charge is 0.180 e. The van der Waals surface area contributed by atoms with Crippen molar-refractivity contribution >= 4 is 17.4 Å². The number of halogens is 1. The Morgan fingerprint density at radius 3 is 2.83 bits per heavy atom. The number of nitrogens with one attached hydrogen (secondary N) is 1. The van der Waals surface area contributed by atoms with Crippen LogP contribution in [-0.2, 0) is 0 Å². The van der Waals surface area contributed by atoms with Gasteiger partial charge in [-0.3, -0.25) is 4.79 Å². The van der Waals surface area contributed by atoms with Crippen LogP contribution in [0, 0.1) is 12.8 Å². The molecule has 1 aromatic carbocycles. The van der Waals surface area contributed by atoms with E-state index < -0.39 is 0 Å². The van der Waals surface area contributed by atoms with E-state index >= 15 is 0 Å². The molecule has 0 bridgehead atoms. The normalized spacial score (nSPS) is 14.6. The number of ketones is 1. The molecule has 18 heavy (non-hydrogen) atoms. The SMILES string of the molecule is CNCC(=O)c1cc(C)cc(Cl)c1OCC1CC1. The molecule has 0 heterocycles. The third-order valence-electron chi connectivity index (χ3n) is 2.99. The van der Waals surface area contributed by atoms with Crippen LogP contribution in [0.25, 0.3) is 0 Å². The van der Waals surface area contributed by atoms with Gasteiger partial charge in [-0.25, -0.2) is 0 Å². The van der Waals surface area contributed by atoms with Crippen molar-refractivity contribution in [3.8, 4) is 5.75 Å². The van der Waals surface area contributed by atoms with E-state index in [4.69, 9.17) is 16.3 Å². The third-order valence-corrected chi connectivity index (χ3v) is 3.27. The molecule has 3 nitrogen and oxygen atoms in total. The molecule has 0 atom stereocenters. The minimum Gasteiger partial charge on any atom is -0.491 e. The highest BCUT2D eigenvalue weighted by Crippen LogP contribution is 2.34. The highest BCUT2D eigenvalue weighted by molar-refractivity contribution is 6.32. The summed E-state index contributed by atoms with van der Waals surface area (Å²) in [6.45, 7) is 2.87. The van der Waals surface area contributed by atoms with Crippen LogP contribution in [0.3, 0.4) is 0 Å². The van der Waals surface area contributed by atoms with Gasteiger partial charge in [0.15, 0.2) is 5.78 Å². The molecule has 4 heteroatoms. The van der Waals surface area contributed by atoms with Crippen molar-refractivity contribution in [1.82, 2.24) is 5.32 Å². The molecule has 1 fully saturated rings. The van der Waals surface area contributed by atoms with E-state index in [1.807, 2.05) is 19.1 Å². The maximum absolute atomic E-state index is 12.0. The molecule has 1 aliphatic rings. The fourth-order valence-corrected chi connectivity index (χ4v) is 2.15. The second kappa shape index (κ2) is 5.72. The van der Waals surface area contributed by atoms with E-state index in [1.54, 1.807) is 7.05 Å². The van der Waals surface area contributed by atoms with Crippen LogP contribution in [0.4, 0.5) is 0 Å². The predicted molar refractivity (Wildman–Crippen MR) is 72.7 cm³/mol. The molecule has 0 saturated heterocycles. The molecule has 98 valence electrons. The van der Waals surface area contributed by atoms with Gasteiger partial charge < -0.3 is 10.1 Å². The number of aryl methyl sites for hydroxylation is 1. The Morgan fingerprint density at radius 2 is 2.22 bits per heavy atom. The van der Waals surface area contributed by atoms with Gasteiger partial charge >= 0.3 is 0 Å². The zero-order valence-electron chi connectivity index (χ0n) is 10.8. The zero-order valence-corrected chi connectivity index (χ0v) is 11.5. The summed E-state index contributed by atoms with van der Waals surface area (Å²) in [5.74, 6) is 1.18. The number of hydrogen-bond acceptors (Lipinski definition) is 3. The van der Waals surface area contributed by atoms with Gasteiger partial charge in [-0.05, 0) is 50.4 Å². The first-order valence-electron chi connectivity index (χ1n) is 6.22. The van der Waals surface area contributed by atoms with Gasteiger partial charge in [0.2, 0.25) is 0 Å². The lowest BCUT2D eigenvalue weighted by molar-refractivity contribution is 0.0989. The average molecular weight is 268 g/mol. The molecule has 1 aromatic rings. The maximum atomic E-state index is 12.0. The first kappa shape index (κ1) is 13.4. The summed E-state index contributed by atoms with van der Waals surface area (Å²) in [7, 11) is 1.75. The lowest BCUT2D eigenvalue weighted by atomic mass is 10.1. The molecule has 0 aromatic heterocycles. The molecule has 1 saturated carbocycles. The van der Waals surface area contributed by atoms with Crippen molar-refractivity contribution in [2.24, 2.45) is 5.92 Å². The van der Waals surface area contributed by atoms with Crippen LogP contribution in [0.5, 0.6) is 5.75 Å². The van der Waals surface area contributed by atoms with Crippen LogP contribution in [0.15, 0.2) is 12.1 Å². The Kier molecular flexibility index (Phi) is 4.25. The second-order valence-corrected chi connectivity index (χ2v) is 5.24. The minimum atomic E-state index is 0.00824. The number of carbonyl (C=O) groups excluding carboxylic acids is 1. The standard InChI is InChI=1S/C14H18ClNO2/c1-9-5-11(13(17)7-16-2)14(12(15)6-9)18-8-10-3-4-10/h5-6,10,16H,3-4,7-8H2,1-2H3. The molecule has 2 rings (SSSR count). The van der Waals surface area contributed by atoms with Crippen LogP contribution in [-0.4, -0.2) is 26.0 Å². The second-order valence-electron chi connectivity index (χ2n) is 4.83. The molecule has 0 amide bonds. The van der Waals surface area contributed by atoms with Crippen LogP contribution >= 0.6 is 11.6 Å². The fourth-order valence-electron chi connectivity index (χ4n) is 1.82. The Labute approximate surface area is 112 Å². The van der Waals surface area contributed by atoms with E-state index in [2.05, 4.69) is 5.32 Å². The number of carbonyl (C=O) groups is 1. The van der Waals surface area contributed by atoms with E-state index in [9.17, 15) is 4.79 Å². The summed E-state index contributed by atoms with van der Waals surface area (Å²) in [6.07, 6.45) is 2.42. The van der Waals surface area contributed by atoms with E-state index in [0.717, 1.165) is 5.56 Å². The van der Waals surface area contributed by atoms with Crippen molar-refractivity contribution < 1.29 is 9.53 Å². The van der Waals surface area contributed by atoms with Gasteiger partial charge in [-0.15, -0.1) is 0 Å². The fraction of sp³-hybridized carbons (Fsp3) is 0.500. The first-order valence-corrected chi connectivity index (χ1v) is 6.60. The van der Waals surface area contributed by atoms with Crippen molar-refractivity contribution in [2.75, 3.05) is 20.2 Å². The lowest BCUT2D eigenvalue weighted by Crippen LogP contribution is -2.19. The van der Waals surface area contributed by atoms with Gasteiger partial charge in [-0.2, -0.15) is 0 Å². The number of rotatable bonds is 6. The van der Waals surface area contributed by atoms with Gasteiger partial charge in [0.25, 0.3) is 0 Å². The molecule has 1 aliphatic carbocycles. The zero-order chi connectivity index (χ0) is 13.1. The number of ether oxygens (including phenoxy) is 1. The summed E-state index contributed by atoms with van der Waals surface area (Å²) in [4.78, 5) is 12.0. The van der Waals surface area contributed by atoms with Crippen LogP contribution in [0.1, 0.15) is 28.8 Å². The summed E-state index contributed by atoms with van der Waals surface area (Å²) in [5.41, 5.74) is 1.55.